The van der Waals surface area contributed by atoms with E-state index in [0.29, 0.717) is 13.2 Å². The van der Waals surface area contributed by atoms with Gasteiger partial charge in [-0.25, -0.2) is 9.97 Å². The van der Waals surface area contributed by atoms with Gasteiger partial charge in [-0.3, -0.25) is 0 Å². The number of hydrogen-bond acceptors (Lipinski definition) is 4. The molecule has 0 saturated carbocycles. The van der Waals surface area contributed by atoms with Gasteiger partial charge in [-0.2, -0.15) is 0 Å². The maximum absolute atomic E-state index is 6.01. The number of imidazole rings is 2. The van der Waals surface area contributed by atoms with Gasteiger partial charge >= 0.3 is 0 Å². The first-order valence-electron chi connectivity index (χ1n) is 12.4. The Morgan fingerprint density at radius 2 is 1.05 bits per heavy atom. The van der Waals surface area contributed by atoms with E-state index < -0.39 is 0 Å². The van der Waals surface area contributed by atoms with Crippen LogP contribution in [0.5, 0.6) is 11.5 Å². The maximum Gasteiger partial charge on any atom is 0.138 e. The Balaban J connectivity index is 0.999. The number of nitrogens with one attached hydrogen (secondary N) is 2. The minimum Gasteiger partial charge on any atom is -0.494 e. The Kier molecular flexibility index (Phi) is 7.16. The number of H-pyrrole nitrogens is 2. The van der Waals surface area contributed by atoms with E-state index in [-0.39, 0.29) is 0 Å². The van der Waals surface area contributed by atoms with Crippen LogP contribution in [-0.4, -0.2) is 33.1 Å². The summed E-state index contributed by atoms with van der Waals surface area (Å²) in [6.07, 6.45) is 1.78. The van der Waals surface area contributed by atoms with Gasteiger partial charge in [-0.05, 0) is 73.5 Å². The summed E-state index contributed by atoms with van der Waals surface area (Å²) >= 11 is 7.02. The van der Waals surface area contributed by atoms with E-state index in [9.17, 15) is 0 Å². The highest BCUT2D eigenvalue weighted by Crippen LogP contribution is 2.27. The van der Waals surface area contributed by atoms with E-state index in [1.807, 2.05) is 84.9 Å². The topological polar surface area (TPSA) is 75.8 Å². The lowest BCUT2D eigenvalue weighted by Gasteiger charge is -2.09. The summed E-state index contributed by atoms with van der Waals surface area (Å²) in [4.78, 5) is 16.2. The Morgan fingerprint density at radius 1 is 0.579 bits per heavy atom. The van der Waals surface area contributed by atoms with Gasteiger partial charge in [0, 0.05) is 20.1 Å². The van der Waals surface area contributed by atoms with Gasteiger partial charge in [0.05, 0.1) is 35.3 Å². The number of aromatic nitrogens is 4. The highest BCUT2D eigenvalue weighted by molar-refractivity contribution is 9.10. The lowest BCUT2D eigenvalue weighted by molar-refractivity contribution is 0.266. The molecular formula is C30H24Br2N4O2. The standard InChI is InChI=1S/C30H24Br2N4O2/c31-21-9-11-25-27(17-21)35-29(33-25)19-5-3-7-23(15-19)37-13-1-2-14-38-24-8-4-6-20(16-24)30-34-26-12-10-22(32)18-28(26)36-30/h3-12,15-18H,1-2,13-14H2,(H,33,35)(H,34,36). The van der Waals surface area contributed by atoms with Crippen LogP contribution < -0.4 is 9.47 Å². The summed E-state index contributed by atoms with van der Waals surface area (Å²) in [6.45, 7) is 1.24. The molecule has 38 heavy (non-hydrogen) atoms. The van der Waals surface area contributed by atoms with Crippen molar-refractivity contribution in [1.82, 2.24) is 19.9 Å². The molecule has 2 aromatic heterocycles. The van der Waals surface area contributed by atoms with Crippen molar-refractivity contribution < 1.29 is 9.47 Å². The summed E-state index contributed by atoms with van der Waals surface area (Å²) in [5.41, 5.74) is 5.86. The normalized spacial score (nSPS) is 11.3. The third kappa shape index (κ3) is 5.61. The number of aromatic amines is 2. The van der Waals surface area contributed by atoms with Gasteiger partial charge < -0.3 is 19.4 Å². The van der Waals surface area contributed by atoms with Crippen LogP contribution in [0.25, 0.3) is 44.8 Å². The van der Waals surface area contributed by atoms with E-state index in [0.717, 1.165) is 78.1 Å². The molecule has 0 aliphatic rings. The fourth-order valence-corrected chi connectivity index (χ4v) is 5.01. The Labute approximate surface area is 236 Å². The molecule has 0 aliphatic heterocycles. The average molecular weight is 632 g/mol. The average Bonchev–Trinajstić information content (AvgIpc) is 3.55. The van der Waals surface area contributed by atoms with Gasteiger partial charge in [0.2, 0.25) is 0 Å². The molecule has 6 aromatic rings. The highest BCUT2D eigenvalue weighted by Gasteiger charge is 2.08. The molecule has 0 atom stereocenters. The summed E-state index contributed by atoms with van der Waals surface area (Å²) in [5.74, 6) is 3.32. The van der Waals surface area contributed by atoms with Crippen molar-refractivity contribution in [2.45, 2.75) is 12.8 Å². The van der Waals surface area contributed by atoms with Crippen LogP contribution in [0.15, 0.2) is 93.9 Å². The number of rotatable bonds is 9. The van der Waals surface area contributed by atoms with Crippen LogP contribution >= 0.6 is 31.9 Å². The monoisotopic (exact) mass is 630 g/mol. The fourth-order valence-electron chi connectivity index (χ4n) is 4.29. The summed E-state index contributed by atoms with van der Waals surface area (Å²) < 4.78 is 14.1. The molecule has 2 N–H and O–H groups in total. The van der Waals surface area contributed by atoms with Crippen molar-refractivity contribution in [3.05, 3.63) is 93.9 Å². The molecule has 190 valence electrons. The molecule has 0 amide bonds. The molecule has 0 aliphatic carbocycles. The van der Waals surface area contributed by atoms with Gasteiger partial charge in [-0.15, -0.1) is 0 Å². The van der Waals surface area contributed by atoms with Crippen molar-refractivity contribution in [1.29, 1.82) is 0 Å². The van der Waals surface area contributed by atoms with E-state index >= 15 is 0 Å². The zero-order valence-corrected chi connectivity index (χ0v) is 23.6. The molecule has 0 spiro atoms. The smallest absolute Gasteiger partial charge is 0.138 e. The Bertz CT molecular complexity index is 1600. The Morgan fingerprint density at radius 3 is 1.53 bits per heavy atom. The third-order valence-electron chi connectivity index (χ3n) is 6.18. The lowest BCUT2D eigenvalue weighted by Crippen LogP contribution is -2.02. The number of benzene rings is 4. The zero-order chi connectivity index (χ0) is 25.9. The predicted molar refractivity (Wildman–Crippen MR) is 159 cm³/mol. The molecule has 6 nitrogen and oxygen atoms in total. The number of unbranched alkanes of at least 4 members (excludes halogenated alkanes) is 1. The molecule has 0 unspecified atom stereocenters. The number of hydrogen-bond donors (Lipinski definition) is 2. The summed E-state index contributed by atoms with van der Waals surface area (Å²) in [7, 11) is 0. The quantitative estimate of drug-likeness (QED) is 0.157. The van der Waals surface area contributed by atoms with Crippen LogP contribution in [0.4, 0.5) is 0 Å². The molecule has 0 bridgehead atoms. The lowest BCUT2D eigenvalue weighted by atomic mass is 10.2. The molecule has 0 fully saturated rings. The van der Waals surface area contributed by atoms with E-state index in [1.165, 1.54) is 0 Å². The van der Waals surface area contributed by atoms with Crippen molar-refractivity contribution in [3.8, 4) is 34.3 Å². The molecule has 4 aromatic carbocycles. The van der Waals surface area contributed by atoms with Crippen LogP contribution in [-0.2, 0) is 0 Å². The first-order chi connectivity index (χ1) is 18.6. The first-order valence-corrected chi connectivity index (χ1v) is 14.0. The molecule has 8 heteroatoms. The second kappa shape index (κ2) is 11.0. The highest BCUT2D eigenvalue weighted by atomic mass is 79.9. The third-order valence-corrected chi connectivity index (χ3v) is 7.17. The minimum absolute atomic E-state index is 0.620. The number of fused-ring (bicyclic) bond motifs is 2. The van der Waals surface area contributed by atoms with Crippen molar-refractivity contribution in [2.24, 2.45) is 0 Å². The minimum atomic E-state index is 0.620. The molecular weight excluding hydrogens is 608 g/mol. The molecule has 6 rings (SSSR count). The predicted octanol–water partition coefficient (Wildman–Crippen LogP) is 8.54. The second-order valence-electron chi connectivity index (χ2n) is 8.95. The van der Waals surface area contributed by atoms with E-state index in [1.54, 1.807) is 0 Å². The van der Waals surface area contributed by atoms with Gasteiger partial charge in [0.1, 0.15) is 23.1 Å². The summed E-state index contributed by atoms with van der Waals surface area (Å²) in [5, 5.41) is 0. The molecule has 2 heterocycles. The second-order valence-corrected chi connectivity index (χ2v) is 10.8. The Hall–Kier alpha value is -3.62. The van der Waals surface area contributed by atoms with Crippen molar-refractivity contribution >= 4 is 53.9 Å². The van der Waals surface area contributed by atoms with Gasteiger partial charge in [-0.1, -0.05) is 56.1 Å². The number of ether oxygens (including phenoxy) is 2. The van der Waals surface area contributed by atoms with E-state index in [2.05, 4.69) is 41.8 Å². The molecule has 0 saturated heterocycles. The van der Waals surface area contributed by atoms with Crippen LogP contribution in [0.2, 0.25) is 0 Å². The van der Waals surface area contributed by atoms with Crippen LogP contribution in [0, 0.1) is 0 Å². The van der Waals surface area contributed by atoms with Gasteiger partial charge in [0.25, 0.3) is 0 Å². The number of halogens is 2. The maximum atomic E-state index is 6.01. The largest absolute Gasteiger partial charge is 0.494 e. The zero-order valence-electron chi connectivity index (χ0n) is 20.4. The number of nitrogens with zero attached hydrogens (tertiary/aromatic N) is 2. The first kappa shape index (κ1) is 24.7. The van der Waals surface area contributed by atoms with Crippen LogP contribution in [0.3, 0.4) is 0 Å². The van der Waals surface area contributed by atoms with Crippen molar-refractivity contribution in [3.63, 3.8) is 0 Å². The molecule has 0 radical (unpaired) electrons. The van der Waals surface area contributed by atoms with Gasteiger partial charge in [0.15, 0.2) is 0 Å². The van der Waals surface area contributed by atoms with Crippen LogP contribution in [0.1, 0.15) is 12.8 Å². The van der Waals surface area contributed by atoms with E-state index in [4.69, 9.17) is 19.4 Å². The fraction of sp³-hybridized carbons (Fsp3) is 0.133. The van der Waals surface area contributed by atoms with Crippen molar-refractivity contribution in [2.75, 3.05) is 13.2 Å². The SMILES string of the molecule is Brc1ccc2nc(-c3cccc(OCCCCOc4cccc(-c5nc6ccc(Br)cc6[nH]5)c4)c3)[nH]c2c1. The summed E-state index contributed by atoms with van der Waals surface area (Å²) in [6, 6.07) is 28.1.